The largest absolute Gasteiger partial charge is 0.486 e. The average Bonchev–Trinajstić information content (AvgIpc) is 2.63. The van der Waals surface area contributed by atoms with Crippen molar-refractivity contribution < 1.29 is 4.74 Å². The average molecular weight is 223 g/mol. The molecule has 15 heavy (non-hydrogen) atoms. The van der Waals surface area contributed by atoms with Crippen LogP contribution in [0, 0.1) is 0 Å². The fourth-order valence-electron chi connectivity index (χ4n) is 1.24. The molecule has 0 unspecified atom stereocenters. The second-order valence-electron chi connectivity index (χ2n) is 3.21. The molecular weight excluding hydrogens is 212 g/mol. The Morgan fingerprint density at radius 2 is 2.20 bits per heavy atom. The fraction of sp³-hybridized carbons (Fsp3) is 0.182. The summed E-state index contributed by atoms with van der Waals surface area (Å²) in [4.78, 5) is 4.01. The molecule has 0 atom stereocenters. The normalized spacial score (nSPS) is 10.3. The quantitative estimate of drug-likeness (QED) is 0.799. The van der Waals surface area contributed by atoms with Crippen molar-refractivity contribution in [1.29, 1.82) is 0 Å². The molecule has 0 spiro atoms. The number of nitrogens with zero attached hydrogens (tertiary/aromatic N) is 2. The summed E-state index contributed by atoms with van der Waals surface area (Å²) < 4.78 is 7.48. The van der Waals surface area contributed by atoms with Crippen molar-refractivity contribution in [3.8, 4) is 5.75 Å². The molecular formula is C11H11ClN2O. The zero-order valence-corrected chi connectivity index (χ0v) is 9.11. The highest BCUT2D eigenvalue weighted by atomic mass is 35.5. The van der Waals surface area contributed by atoms with Crippen LogP contribution in [0.2, 0.25) is 5.02 Å². The predicted octanol–water partition coefficient (Wildman–Crippen LogP) is 2.65. The molecule has 2 aromatic rings. The Bertz CT molecular complexity index is 453. The molecule has 0 aliphatic rings. The number of hydrogen-bond donors (Lipinski definition) is 0. The van der Waals surface area contributed by atoms with Gasteiger partial charge in [0.05, 0.1) is 23.2 Å². The van der Waals surface area contributed by atoms with Crippen molar-refractivity contribution in [2.75, 3.05) is 0 Å². The van der Waals surface area contributed by atoms with E-state index in [0.29, 0.717) is 17.4 Å². The van der Waals surface area contributed by atoms with Crippen molar-refractivity contribution in [2.45, 2.75) is 6.61 Å². The molecule has 0 fully saturated rings. The van der Waals surface area contributed by atoms with E-state index in [-0.39, 0.29) is 0 Å². The smallest absolute Gasteiger partial charge is 0.138 e. The fourth-order valence-corrected chi connectivity index (χ4v) is 1.43. The second kappa shape index (κ2) is 4.36. The van der Waals surface area contributed by atoms with Gasteiger partial charge in [0.2, 0.25) is 0 Å². The van der Waals surface area contributed by atoms with Gasteiger partial charge in [-0.05, 0) is 12.1 Å². The molecule has 0 N–H and O–H groups in total. The van der Waals surface area contributed by atoms with E-state index in [1.165, 1.54) is 0 Å². The minimum absolute atomic E-state index is 0.472. The maximum atomic E-state index is 5.96. The van der Waals surface area contributed by atoms with E-state index < -0.39 is 0 Å². The Balaban J connectivity index is 2.06. The summed E-state index contributed by atoms with van der Waals surface area (Å²) in [5.41, 5.74) is 1.01. The zero-order chi connectivity index (χ0) is 10.7. The number of imidazole rings is 1. The predicted molar refractivity (Wildman–Crippen MR) is 59.0 cm³/mol. The van der Waals surface area contributed by atoms with Crippen LogP contribution in [0.1, 0.15) is 5.69 Å². The maximum Gasteiger partial charge on any atom is 0.138 e. The van der Waals surface area contributed by atoms with Gasteiger partial charge in [0.1, 0.15) is 12.4 Å². The lowest BCUT2D eigenvalue weighted by atomic mass is 10.3. The van der Waals surface area contributed by atoms with Crippen molar-refractivity contribution in [3.63, 3.8) is 0 Å². The van der Waals surface area contributed by atoms with Gasteiger partial charge >= 0.3 is 0 Å². The topological polar surface area (TPSA) is 27.1 Å². The second-order valence-corrected chi connectivity index (χ2v) is 3.62. The minimum Gasteiger partial charge on any atom is -0.486 e. The third-order valence-electron chi connectivity index (χ3n) is 2.13. The highest BCUT2D eigenvalue weighted by molar-refractivity contribution is 6.32. The molecule has 1 aromatic carbocycles. The van der Waals surface area contributed by atoms with Crippen molar-refractivity contribution in [3.05, 3.63) is 47.5 Å². The van der Waals surface area contributed by atoms with Gasteiger partial charge in [-0.3, -0.25) is 0 Å². The molecule has 0 radical (unpaired) electrons. The van der Waals surface area contributed by atoms with E-state index in [4.69, 9.17) is 16.3 Å². The molecule has 2 rings (SSSR count). The van der Waals surface area contributed by atoms with Gasteiger partial charge in [-0.2, -0.15) is 0 Å². The van der Waals surface area contributed by atoms with Crippen LogP contribution < -0.4 is 4.74 Å². The molecule has 4 heteroatoms. The number of rotatable bonds is 3. The number of benzene rings is 1. The number of ether oxygens (including phenoxy) is 1. The van der Waals surface area contributed by atoms with Crippen molar-refractivity contribution >= 4 is 11.6 Å². The van der Waals surface area contributed by atoms with Crippen LogP contribution in [-0.2, 0) is 13.7 Å². The first-order chi connectivity index (χ1) is 7.27. The summed E-state index contributed by atoms with van der Waals surface area (Å²) >= 11 is 5.96. The van der Waals surface area contributed by atoms with Gasteiger partial charge in [0, 0.05) is 7.05 Å². The van der Waals surface area contributed by atoms with Gasteiger partial charge in [-0.15, -0.1) is 0 Å². The summed E-state index contributed by atoms with van der Waals surface area (Å²) in [5, 5.41) is 0.625. The highest BCUT2D eigenvalue weighted by Gasteiger charge is 2.02. The van der Waals surface area contributed by atoms with Crippen molar-refractivity contribution in [1.82, 2.24) is 9.55 Å². The standard InChI is InChI=1S/C11H11ClN2O/c1-14-8-13-6-9(14)7-15-11-5-3-2-4-10(11)12/h2-6,8H,7H2,1H3. The van der Waals surface area contributed by atoms with E-state index in [0.717, 1.165) is 5.69 Å². The van der Waals surface area contributed by atoms with Gasteiger partial charge in [-0.1, -0.05) is 23.7 Å². The first kappa shape index (κ1) is 10.1. The summed E-state index contributed by atoms with van der Waals surface area (Å²) in [6.07, 6.45) is 3.52. The van der Waals surface area contributed by atoms with Crippen LogP contribution in [0.25, 0.3) is 0 Å². The number of aromatic nitrogens is 2. The van der Waals surface area contributed by atoms with Gasteiger partial charge in [0.25, 0.3) is 0 Å². The van der Waals surface area contributed by atoms with Crippen molar-refractivity contribution in [2.24, 2.45) is 7.05 Å². The van der Waals surface area contributed by atoms with E-state index in [1.54, 1.807) is 18.6 Å². The Labute approximate surface area is 93.3 Å². The first-order valence-corrected chi connectivity index (χ1v) is 4.97. The lowest BCUT2D eigenvalue weighted by Gasteiger charge is -2.07. The number of halogens is 1. The monoisotopic (exact) mass is 222 g/mol. The SMILES string of the molecule is Cn1cncc1COc1ccccc1Cl. The van der Waals surface area contributed by atoms with Crippen LogP contribution in [0.15, 0.2) is 36.8 Å². The van der Waals surface area contributed by atoms with Crippen LogP contribution in [0.4, 0.5) is 0 Å². The molecule has 0 amide bonds. The van der Waals surface area contributed by atoms with Crippen LogP contribution in [0.5, 0.6) is 5.75 Å². The van der Waals surface area contributed by atoms with Crippen LogP contribution >= 0.6 is 11.6 Å². The van der Waals surface area contributed by atoms with Gasteiger partial charge in [-0.25, -0.2) is 4.98 Å². The maximum absolute atomic E-state index is 5.96. The summed E-state index contributed by atoms with van der Waals surface area (Å²) in [6.45, 7) is 0.472. The number of para-hydroxylation sites is 1. The zero-order valence-electron chi connectivity index (χ0n) is 8.35. The molecule has 0 saturated heterocycles. The summed E-state index contributed by atoms with van der Waals surface area (Å²) in [5.74, 6) is 0.695. The Morgan fingerprint density at radius 1 is 1.40 bits per heavy atom. The van der Waals surface area contributed by atoms with Crippen LogP contribution in [-0.4, -0.2) is 9.55 Å². The van der Waals surface area contributed by atoms with Gasteiger partial charge < -0.3 is 9.30 Å². The van der Waals surface area contributed by atoms with E-state index >= 15 is 0 Å². The molecule has 0 aliphatic heterocycles. The Morgan fingerprint density at radius 3 is 2.87 bits per heavy atom. The van der Waals surface area contributed by atoms with E-state index in [9.17, 15) is 0 Å². The lowest BCUT2D eigenvalue weighted by Crippen LogP contribution is -2.01. The molecule has 0 saturated carbocycles. The molecule has 1 heterocycles. The van der Waals surface area contributed by atoms with Crippen LogP contribution in [0.3, 0.4) is 0 Å². The molecule has 0 bridgehead atoms. The highest BCUT2D eigenvalue weighted by Crippen LogP contribution is 2.23. The molecule has 3 nitrogen and oxygen atoms in total. The Hall–Kier alpha value is -1.48. The molecule has 0 aliphatic carbocycles. The van der Waals surface area contributed by atoms with Gasteiger partial charge in [0.15, 0.2) is 0 Å². The van der Waals surface area contributed by atoms with E-state index in [2.05, 4.69) is 4.98 Å². The Kier molecular flexibility index (Phi) is 2.92. The molecule has 78 valence electrons. The number of aryl methyl sites for hydroxylation is 1. The number of hydrogen-bond acceptors (Lipinski definition) is 2. The lowest BCUT2D eigenvalue weighted by molar-refractivity contribution is 0.297. The van der Waals surface area contributed by atoms with E-state index in [1.807, 2.05) is 29.8 Å². The third kappa shape index (κ3) is 2.30. The summed E-state index contributed by atoms with van der Waals surface area (Å²) in [6, 6.07) is 7.42. The third-order valence-corrected chi connectivity index (χ3v) is 2.44. The summed E-state index contributed by atoms with van der Waals surface area (Å²) in [7, 11) is 1.93. The molecule has 1 aromatic heterocycles. The first-order valence-electron chi connectivity index (χ1n) is 4.60. The minimum atomic E-state index is 0.472.